The van der Waals surface area contributed by atoms with Crippen molar-refractivity contribution in [2.45, 2.75) is 13.8 Å². The summed E-state index contributed by atoms with van der Waals surface area (Å²) >= 11 is 0. The molecule has 0 aliphatic heterocycles. The van der Waals surface area contributed by atoms with Crippen LogP contribution >= 0.6 is 0 Å². The maximum absolute atomic E-state index is 12.6. The molecule has 0 spiro atoms. The van der Waals surface area contributed by atoms with Gasteiger partial charge in [-0.05, 0) is 36.3 Å². The Bertz CT molecular complexity index is 826. The predicted molar refractivity (Wildman–Crippen MR) is 104 cm³/mol. The van der Waals surface area contributed by atoms with Gasteiger partial charge in [-0.1, -0.05) is 43.0 Å². The van der Waals surface area contributed by atoms with Crippen molar-refractivity contribution in [3.63, 3.8) is 0 Å². The van der Waals surface area contributed by atoms with Gasteiger partial charge in [0.25, 0.3) is 5.91 Å². The van der Waals surface area contributed by atoms with Gasteiger partial charge in [0, 0.05) is 18.7 Å². The van der Waals surface area contributed by atoms with Crippen molar-refractivity contribution >= 4 is 23.6 Å². The Balaban J connectivity index is 2.16. The summed E-state index contributed by atoms with van der Waals surface area (Å²) in [6, 6.07) is 16.3. The molecule has 5 nitrogen and oxygen atoms in total. The Kier molecular flexibility index (Phi) is 6.74. The topological polar surface area (TPSA) is 67.4 Å². The van der Waals surface area contributed by atoms with E-state index < -0.39 is 5.91 Å². The average Bonchev–Trinajstić information content (AvgIpc) is 2.60. The number of hydrogen-bond acceptors (Lipinski definition) is 3. The number of anilines is 1. The third-order valence-electron chi connectivity index (χ3n) is 3.24. The molecule has 0 heterocycles. The molecule has 2 aromatic carbocycles. The van der Waals surface area contributed by atoms with E-state index in [1.807, 2.05) is 37.3 Å². The van der Waals surface area contributed by atoms with Gasteiger partial charge in [0.1, 0.15) is 18.1 Å². The van der Waals surface area contributed by atoms with Crippen LogP contribution in [-0.2, 0) is 9.59 Å². The third kappa shape index (κ3) is 6.28. The van der Waals surface area contributed by atoms with Crippen LogP contribution in [0, 0.1) is 0 Å². The molecule has 5 heteroatoms. The molecule has 0 aliphatic rings. The molecule has 2 rings (SSSR count). The summed E-state index contributed by atoms with van der Waals surface area (Å²) in [6.07, 6.45) is 1.62. The fourth-order valence-electron chi connectivity index (χ4n) is 2.13. The fourth-order valence-corrected chi connectivity index (χ4v) is 2.13. The lowest BCUT2D eigenvalue weighted by molar-refractivity contribution is -0.120. The number of hydrogen-bond donors (Lipinski definition) is 2. The number of carbonyl (C=O) groups excluding carboxylic acids is 2. The number of benzene rings is 2. The van der Waals surface area contributed by atoms with Crippen molar-refractivity contribution in [3.8, 4) is 5.75 Å². The van der Waals surface area contributed by atoms with E-state index in [0.717, 1.165) is 11.1 Å². The normalized spacial score (nSPS) is 10.8. The van der Waals surface area contributed by atoms with Crippen molar-refractivity contribution in [1.82, 2.24) is 5.32 Å². The van der Waals surface area contributed by atoms with E-state index in [2.05, 4.69) is 17.2 Å². The van der Waals surface area contributed by atoms with Crippen LogP contribution in [0.15, 0.2) is 72.4 Å². The lowest BCUT2D eigenvalue weighted by atomic mass is 10.2. The molecule has 0 fully saturated rings. The first kappa shape index (κ1) is 19.0. The molecule has 134 valence electrons. The first-order valence-corrected chi connectivity index (χ1v) is 8.17. The zero-order valence-electron chi connectivity index (χ0n) is 14.9. The molecule has 0 aliphatic carbocycles. The highest BCUT2D eigenvalue weighted by atomic mass is 16.5. The van der Waals surface area contributed by atoms with Gasteiger partial charge in [0.05, 0.1) is 0 Å². The van der Waals surface area contributed by atoms with E-state index in [4.69, 9.17) is 4.74 Å². The minimum atomic E-state index is -0.416. The summed E-state index contributed by atoms with van der Waals surface area (Å²) in [6.45, 7) is 7.43. The molecule has 26 heavy (non-hydrogen) atoms. The average molecular weight is 350 g/mol. The monoisotopic (exact) mass is 350 g/mol. The minimum Gasteiger partial charge on any atom is -0.489 e. The molecule has 0 aromatic heterocycles. The van der Waals surface area contributed by atoms with Crippen LogP contribution in [0.25, 0.3) is 6.08 Å². The van der Waals surface area contributed by atoms with Crippen LogP contribution in [0.2, 0.25) is 0 Å². The summed E-state index contributed by atoms with van der Waals surface area (Å²) in [5.41, 5.74) is 2.44. The van der Waals surface area contributed by atoms with Gasteiger partial charge < -0.3 is 15.4 Å². The van der Waals surface area contributed by atoms with Gasteiger partial charge in [-0.15, -0.1) is 0 Å². The SMILES string of the molecule is C=C(C)COc1cccc(NC(=O)/C(=C/c2ccccc2)NC(C)=O)c1. The van der Waals surface area contributed by atoms with Gasteiger partial charge in [-0.2, -0.15) is 0 Å². The number of ether oxygens (including phenoxy) is 1. The summed E-state index contributed by atoms with van der Waals surface area (Å²) < 4.78 is 5.58. The Morgan fingerprint density at radius 3 is 2.46 bits per heavy atom. The zero-order valence-corrected chi connectivity index (χ0v) is 14.9. The van der Waals surface area contributed by atoms with E-state index >= 15 is 0 Å². The summed E-state index contributed by atoms with van der Waals surface area (Å²) in [4.78, 5) is 24.0. The van der Waals surface area contributed by atoms with Gasteiger partial charge in [-0.25, -0.2) is 0 Å². The van der Waals surface area contributed by atoms with Crippen LogP contribution in [0.4, 0.5) is 5.69 Å². The number of amides is 2. The molecule has 0 unspecified atom stereocenters. The minimum absolute atomic E-state index is 0.164. The lowest BCUT2D eigenvalue weighted by Crippen LogP contribution is -2.28. The van der Waals surface area contributed by atoms with Crippen molar-refractivity contribution in [2.24, 2.45) is 0 Å². The van der Waals surface area contributed by atoms with Crippen LogP contribution in [-0.4, -0.2) is 18.4 Å². The third-order valence-corrected chi connectivity index (χ3v) is 3.24. The second kappa shape index (κ2) is 9.22. The van der Waals surface area contributed by atoms with Gasteiger partial charge >= 0.3 is 0 Å². The Labute approximate surface area is 153 Å². The molecule has 2 N–H and O–H groups in total. The van der Waals surface area contributed by atoms with Gasteiger partial charge in [-0.3, -0.25) is 9.59 Å². The Hall–Kier alpha value is -3.34. The Morgan fingerprint density at radius 1 is 1.08 bits per heavy atom. The number of nitrogens with one attached hydrogen (secondary N) is 2. The lowest BCUT2D eigenvalue weighted by Gasteiger charge is -2.11. The standard InChI is InChI=1S/C21H22N2O3/c1-15(2)14-26-19-11-7-10-18(13-19)23-21(25)20(22-16(3)24)12-17-8-5-4-6-9-17/h4-13H,1,14H2,2-3H3,(H,22,24)(H,23,25)/b20-12-. The molecular weight excluding hydrogens is 328 g/mol. The maximum atomic E-state index is 12.6. The molecule has 0 bridgehead atoms. The molecule has 0 saturated carbocycles. The van der Waals surface area contributed by atoms with Crippen molar-refractivity contribution in [1.29, 1.82) is 0 Å². The smallest absolute Gasteiger partial charge is 0.272 e. The molecule has 0 saturated heterocycles. The predicted octanol–water partition coefficient (Wildman–Crippen LogP) is 3.76. The first-order chi connectivity index (χ1) is 12.4. The van der Waals surface area contributed by atoms with Crippen LogP contribution in [0.3, 0.4) is 0 Å². The van der Waals surface area contributed by atoms with Crippen LogP contribution in [0.1, 0.15) is 19.4 Å². The van der Waals surface area contributed by atoms with Crippen molar-refractivity contribution in [2.75, 3.05) is 11.9 Å². The van der Waals surface area contributed by atoms with E-state index in [1.54, 1.807) is 30.3 Å². The highest BCUT2D eigenvalue weighted by molar-refractivity contribution is 6.08. The molecule has 2 amide bonds. The number of rotatable bonds is 7. The fraction of sp³-hybridized carbons (Fsp3) is 0.143. The molecule has 0 radical (unpaired) electrons. The highest BCUT2D eigenvalue weighted by Gasteiger charge is 2.12. The Morgan fingerprint density at radius 2 is 1.81 bits per heavy atom. The quantitative estimate of drug-likeness (QED) is 0.590. The molecule has 0 atom stereocenters. The van der Waals surface area contributed by atoms with Crippen molar-refractivity contribution < 1.29 is 14.3 Å². The van der Waals surface area contributed by atoms with E-state index in [-0.39, 0.29) is 11.6 Å². The maximum Gasteiger partial charge on any atom is 0.272 e. The second-order valence-electron chi connectivity index (χ2n) is 5.88. The first-order valence-electron chi connectivity index (χ1n) is 8.17. The van der Waals surface area contributed by atoms with Gasteiger partial charge in [0.15, 0.2) is 0 Å². The van der Waals surface area contributed by atoms with Crippen LogP contribution in [0.5, 0.6) is 5.75 Å². The van der Waals surface area contributed by atoms with Gasteiger partial charge in [0.2, 0.25) is 5.91 Å². The highest BCUT2D eigenvalue weighted by Crippen LogP contribution is 2.18. The van der Waals surface area contributed by atoms with E-state index in [9.17, 15) is 9.59 Å². The van der Waals surface area contributed by atoms with Crippen molar-refractivity contribution in [3.05, 3.63) is 78.0 Å². The van der Waals surface area contributed by atoms with Crippen LogP contribution < -0.4 is 15.4 Å². The summed E-state index contributed by atoms with van der Waals surface area (Å²) in [5.74, 6) is -0.110. The summed E-state index contributed by atoms with van der Waals surface area (Å²) in [7, 11) is 0. The molecular formula is C21H22N2O3. The summed E-state index contributed by atoms with van der Waals surface area (Å²) in [5, 5.41) is 5.34. The van der Waals surface area contributed by atoms with E-state index in [1.165, 1.54) is 6.92 Å². The zero-order chi connectivity index (χ0) is 18.9. The van der Waals surface area contributed by atoms with E-state index in [0.29, 0.717) is 18.0 Å². The second-order valence-corrected chi connectivity index (χ2v) is 5.88. The number of carbonyl (C=O) groups is 2. The largest absolute Gasteiger partial charge is 0.489 e. The molecule has 2 aromatic rings.